The van der Waals surface area contributed by atoms with Crippen LogP contribution in [0.1, 0.15) is 0 Å². The first-order valence-electron chi connectivity index (χ1n) is 0.989. The zero-order chi connectivity index (χ0) is 7.41. The van der Waals surface area contributed by atoms with Crippen molar-refractivity contribution in [3.8, 4) is 0 Å². The maximum absolute atomic E-state index is 8.24. The molecule has 6 heteroatoms. The van der Waals surface area contributed by atoms with Crippen LogP contribution in [0.5, 0.6) is 0 Å². The Morgan fingerprint density at radius 3 is 1.12 bits per heavy atom. The van der Waals surface area contributed by atoms with Crippen molar-refractivity contribution >= 4 is 22.6 Å². The van der Waals surface area contributed by atoms with E-state index in [1.165, 1.54) is 0 Å². The number of aliphatic hydroxyl groups excluding tert-OH is 2. The quantitative estimate of drug-likeness (QED) is 0.447. The van der Waals surface area contributed by atoms with E-state index < -0.39 is 0 Å². The summed E-state index contributed by atoms with van der Waals surface area (Å²) >= 11 is 1.82. The predicted octanol–water partition coefficient (Wildman–Crippen LogP) is -0.0898. The topological polar surface area (TPSA) is 74.6 Å². The molecule has 0 bridgehead atoms. The summed E-state index contributed by atoms with van der Waals surface area (Å²) in [4.78, 5) is 16.5. The van der Waals surface area contributed by atoms with Crippen molar-refractivity contribution in [1.29, 1.82) is 0 Å². The zero-order valence-electron chi connectivity index (χ0n) is 3.44. The van der Waals surface area contributed by atoms with Crippen LogP contribution in [0.4, 0.5) is 0 Å². The molecule has 0 aliphatic heterocycles. The number of hydrogen-bond donors (Lipinski definition) is 2. The molecule has 49 valence electrons. The molecule has 0 aromatic rings. The molecule has 0 atom stereocenters. The van der Waals surface area contributed by atoms with E-state index in [4.69, 9.17) is 19.8 Å². The van der Waals surface area contributed by atoms with E-state index in [-0.39, 0.29) is 0 Å². The van der Waals surface area contributed by atoms with Crippen molar-refractivity contribution in [2.24, 2.45) is 0 Å². The Morgan fingerprint density at radius 1 is 1.12 bits per heavy atom. The van der Waals surface area contributed by atoms with Gasteiger partial charge in [-0.3, -0.25) is 0 Å². The summed E-state index contributed by atoms with van der Waals surface area (Å²) in [5.41, 5.74) is 0. The van der Waals surface area contributed by atoms with Crippen LogP contribution < -0.4 is 0 Å². The van der Waals surface area contributed by atoms with E-state index in [0.717, 1.165) is 0 Å². The minimum absolute atomic E-state index is 0.500. The van der Waals surface area contributed by atoms with Gasteiger partial charge in [0.15, 0.2) is 0 Å². The van der Waals surface area contributed by atoms with E-state index >= 15 is 0 Å². The van der Waals surface area contributed by atoms with Gasteiger partial charge in [-0.05, 0) is 0 Å². The Hall–Kier alpha value is -0.147. The molecule has 8 heavy (non-hydrogen) atoms. The van der Waals surface area contributed by atoms with Gasteiger partial charge < -0.3 is 19.8 Å². The van der Waals surface area contributed by atoms with Crippen LogP contribution in [0.2, 0.25) is 0 Å². The predicted molar refractivity (Wildman–Crippen MR) is 22.5 cm³/mol. The summed E-state index contributed by atoms with van der Waals surface area (Å²) in [6.45, 7) is 1.00. The summed E-state index contributed by atoms with van der Waals surface area (Å²) in [5, 5.41) is 13.5. The third-order valence-electron chi connectivity index (χ3n) is 0. The van der Waals surface area contributed by atoms with E-state index in [1.54, 1.807) is 0 Å². The normalized spacial score (nSPS) is 3.62. The standard InChI is InChI=1S/2CHO2.ClH.Ru/c2*2-1-3;;/h2*(H,2,3);1H;/q2*-1;;+3/p-1. The van der Waals surface area contributed by atoms with Gasteiger partial charge in [0.05, 0.1) is 0 Å². The third kappa shape index (κ3) is 6410. The van der Waals surface area contributed by atoms with Crippen molar-refractivity contribution < 1.29 is 37.1 Å². The second-order valence-corrected chi connectivity index (χ2v) is 0.183. The van der Waals surface area contributed by atoms with Gasteiger partial charge in [0.2, 0.25) is 0 Å². The van der Waals surface area contributed by atoms with Crippen LogP contribution >= 0.6 is 9.69 Å². The second kappa shape index (κ2) is 68.4. The molecule has 0 aliphatic carbocycles. The van der Waals surface area contributed by atoms with E-state index in [0.29, 0.717) is 12.9 Å². The van der Waals surface area contributed by atoms with Crippen LogP contribution in [-0.2, 0) is 26.9 Å². The van der Waals surface area contributed by atoms with Crippen LogP contribution in [0.3, 0.4) is 0 Å². The monoisotopic (exact) mass is 227 g/mol. The molecule has 0 amide bonds. The zero-order valence-corrected chi connectivity index (χ0v) is 5.94. The molecule has 4 nitrogen and oxygen atoms in total. The van der Waals surface area contributed by atoms with Crippen LogP contribution in [0.15, 0.2) is 0 Å². The fourth-order valence-electron chi connectivity index (χ4n) is 0. The number of hydrogen-bond acceptors (Lipinski definition) is 2. The summed E-state index contributed by atoms with van der Waals surface area (Å²) in [6.07, 6.45) is 0. The summed E-state index contributed by atoms with van der Waals surface area (Å²) in [5.74, 6) is 0. The SMILES string of the molecule is O=[C-]O.O=[C-]O.[Cl][Ru+2]. The first-order chi connectivity index (χ1) is 3.83. The summed E-state index contributed by atoms with van der Waals surface area (Å²) in [7, 11) is 4.57. The van der Waals surface area contributed by atoms with E-state index in [2.05, 4.69) is 9.69 Å². The molecule has 0 fully saturated rings. The minimum atomic E-state index is 0.500. The Balaban J connectivity index is -0.0000000483. The second-order valence-electron chi connectivity index (χ2n) is 0.183. The summed E-state index contributed by atoms with van der Waals surface area (Å²) in [6, 6.07) is 0. The van der Waals surface area contributed by atoms with Gasteiger partial charge in [-0.2, -0.15) is 0 Å². The van der Waals surface area contributed by atoms with Gasteiger partial charge in [0, 0.05) is 0 Å². The molecule has 2 N–H and O–H groups in total. The first kappa shape index (κ1) is 15.7. The Kier molecular flexibility index (Phi) is 134. The van der Waals surface area contributed by atoms with E-state index in [9.17, 15) is 0 Å². The first-order valence-corrected chi connectivity index (χ1v) is 3.23. The molecular weight excluding hydrogens is 225 g/mol. The fraction of sp³-hybridized carbons (Fsp3) is 0. The number of halogens is 1. The Labute approximate surface area is 60.2 Å². The van der Waals surface area contributed by atoms with Gasteiger partial charge in [-0.15, -0.1) is 0 Å². The maximum atomic E-state index is 8.24. The van der Waals surface area contributed by atoms with Crippen molar-refractivity contribution in [2.45, 2.75) is 0 Å². The molecule has 0 unspecified atom stereocenters. The fourth-order valence-corrected chi connectivity index (χ4v) is 0. The van der Waals surface area contributed by atoms with Crippen molar-refractivity contribution in [3.63, 3.8) is 0 Å². The molecule has 0 aromatic carbocycles. The molecule has 0 heterocycles. The summed E-state index contributed by atoms with van der Waals surface area (Å²) < 4.78 is 0. The third-order valence-corrected chi connectivity index (χ3v) is 0. The van der Waals surface area contributed by atoms with E-state index in [1.807, 2.05) is 17.3 Å². The van der Waals surface area contributed by atoms with Gasteiger partial charge >= 0.3 is 27.0 Å². The van der Waals surface area contributed by atoms with Gasteiger partial charge in [0.1, 0.15) is 0 Å². The van der Waals surface area contributed by atoms with Gasteiger partial charge in [-0.25, -0.2) is 0 Å². The van der Waals surface area contributed by atoms with Gasteiger partial charge in [-0.1, -0.05) is 12.9 Å². The average molecular weight is 227 g/mol. The molecule has 0 saturated heterocycles. The van der Waals surface area contributed by atoms with Crippen molar-refractivity contribution in [3.05, 3.63) is 0 Å². The van der Waals surface area contributed by atoms with Crippen molar-refractivity contribution in [2.75, 3.05) is 0 Å². The molecule has 0 radical (unpaired) electrons. The van der Waals surface area contributed by atoms with Crippen LogP contribution in [0.25, 0.3) is 0 Å². The van der Waals surface area contributed by atoms with Crippen LogP contribution in [-0.4, -0.2) is 23.2 Å². The average Bonchev–Trinajstić information content (AvgIpc) is 1.75. The van der Waals surface area contributed by atoms with Crippen LogP contribution in [0, 0.1) is 0 Å². The molecule has 0 aliphatic rings. The molecule has 0 spiro atoms. The Morgan fingerprint density at radius 2 is 1.12 bits per heavy atom. The molecule has 0 rings (SSSR count). The molecular formula is C2H2ClO4Ru. The molecule has 0 saturated carbocycles. The number of rotatable bonds is 0. The Bertz CT molecular complexity index is 35.0. The van der Waals surface area contributed by atoms with Crippen molar-refractivity contribution in [1.82, 2.24) is 0 Å². The van der Waals surface area contributed by atoms with Gasteiger partial charge in [0.25, 0.3) is 0 Å². The molecule has 0 aromatic heterocycles.